The highest BCUT2D eigenvalue weighted by Gasteiger charge is 2.02. The molecule has 0 aliphatic carbocycles. The van der Waals surface area contributed by atoms with Crippen LogP contribution in [0.2, 0.25) is 0 Å². The Morgan fingerprint density at radius 3 is 2.94 bits per heavy atom. The maximum absolute atomic E-state index is 9.48. The van der Waals surface area contributed by atoms with Gasteiger partial charge in [0.25, 0.3) is 0 Å². The quantitative estimate of drug-likeness (QED) is 0.740. The summed E-state index contributed by atoms with van der Waals surface area (Å²) in [6.07, 6.45) is 2.29. The van der Waals surface area contributed by atoms with Crippen LogP contribution in [0, 0.1) is 0 Å². The Hall–Kier alpha value is -1.06. The van der Waals surface area contributed by atoms with Gasteiger partial charge in [-0.05, 0) is 37.0 Å². The molecule has 1 aromatic carbocycles. The molecule has 16 heavy (non-hydrogen) atoms. The number of ether oxygens (including phenoxy) is 1. The predicted octanol–water partition coefficient (Wildman–Crippen LogP) is 1.73. The van der Waals surface area contributed by atoms with Gasteiger partial charge in [0.05, 0.1) is 6.10 Å². The van der Waals surface area contributed by atoms with Gasteiger partial charge < -0.3 is 15.6 Å². The summed E-state index contributed by atoms with van der Waals surface area (Å²) >= 11 is 0. The number of hydrogen-bond donors (Lipinski definition) is 2. The van der Waals surface area contributed by atoms with Crippen LogP contribution in [0.25, 0.3) is 0 Å². The van der Waals surface area contributed by atoms with E-state index in [9.17, 15) is 5.11 Å². The van der Waals surface area contributed by atoms with Crippen molar-refractivity contribution in [3.05, 3.63) is 29.8 Å². The van der Waals surface area contributed by atoms with Crippen molar-refractivity contribution in [3.63, 3.8) is 0 Å². The minimum absolute atomic E-state index is 0.200. The Morgan fingerprint density at radius 2 is 2.25 bits per heavy atom. The second-order valence-electron chi connectivity index (χ2n) is 3.89. The smallest absolute Gasteiger partial charge is 0.119 e. The van der Waals surface area contributed by atoms with Crippen LogP contribution in [0.5, 0.6) is 5.75 Å². The molecule has 0 bridgehead atoms. The first-order valence-electron chi connectivity index (χ1n) is 5.86. The number of aryl methyl sites for hydroxylation is 1. The molecule has 0 spiro atoms. The lowest BCUT2D eigenvalue weighted by Gasteiger charge is -2.09. The first-order chi connectivity index (χ1) is 7.76. The van der Waals surface area contributed by atoms with E-state index in [0.29, 0.717) is 13.2 Å². The molecular formula is C13H21NO2. The predicted molar refractivity (Wildman–Crippen MR) is 65.6 cm³/mol. The summed E-state index contributed by atoms with van der Waals surface area (Å²) in [4.78, 5) is 0. The summed E-state index contributed by atoms with van der Waals surface area (Å²) in [7, 11) is 0. The van der Waals surface area contributed by atoms with Gasteiger partial charge in [-0.1, -0.05) is 19.1 Å². The Balaban J connectivity index is 2.46. The molecule has 3 N–H and O–H groups in total. The molecule has 0 radical (unpaired) electrons. The summed E-state index contributed by atoms with van der Waals surface area (Å²) < 4.78 is 5.44. The van der Waals surface area contributed by atoms with Crippen molar-refractivity contribution in [2.24, 2.45) is 5.73 Å². The van der Waals surface area contributed by atoms with Crippen molar-refractivity contribution in [1.82, 2.24) is 0 Å². The highest BCUT2D eigenvalue weighted by atomic mass is 16.5. The molecule has 1 rings (SSSR count). The third-order valence-electron chi connectivity index (χ3n) is 2.52. The fourth-order valence-corrected chi connectivity index (χ4v) is 1.50. The zero-order valence-corrected chi connectivity index (χ0v) is 9.86. The van der Waals surface area contributed by atoms with Crippen LogP contribution in [0.15, 0.2) is 24.3 Å². The Kier molecular flexibility index (Phi) is 5.90. The first-order valence-corrected chi connectivity index (χ1v) is 5.86. The van der Waals surface area contributed by atoms with Crippen LogP contribution in [0.4, 0.5) is 0 Å². The van der Waals surface area contributed by atoms with Gasteiger partial charge in [-0.3, -0.25) is 0 Å². The van der Waals surface area contributed by atoms with Gasteiger partial charge in [0, 0.05) is 6.54 Å². The van der Waals surface area contributed by atoms with Gasteiger partial charge in [0.2, 0.25) is 0 Å². The molecule has 0 aromatic heterocycles. The number of aliphatic hydroxyl groups excluding tert-OH is 1. The van der Waals surface area contributed by atoms with Crippen LogP contribution in [-0.4, -0.2) is 24.4 Å². The van der Waals surface area contributed by atoms with E-state index in [1.807, 2.05) is 25.1 Å². The van der Waals surface area contributed by atoms with E-state index >= 15 is 0 Å². The second-order valence-corrected chi connectivity index (χ2v) is 3.89. The van der Waals surface area contributed by atoms with Crippen LogP contribution in [0.1, 0.15) is 25.3 Å². The van der Waals surface area contributed by atoms with E-state index in [-0.39, 0.29) is 6.10 Å². The molecule has 1 unspecified atom stereocenters. The van der Waals surface area contributed by atoms with E-state index in [1.165, 1.54) is 5.56 Å². The minimum Gasteiger partial charge on any atom is -0.492 e. The highest BCUT2D eigenvalue weighted by molar-refractivity contribution is 5.28. The topological polar surface area (TPSA) is 55.5 Å². The standard InChI is InChI=1S/C13H21NO2/c1-2-12(15)7-6-11-4-3-5-13(10-11)16-9-8-14/h3-5,10,12,15H,2,6-9,14H2,1H3. The molecule has 90 valence electrons. The first kappa shape index (κ1) is 13.0. The Bertz CT molecular complexity index is 302. The van der Waals surface area contributed by atoms with Gasteiger partial charge in [-0.25, -0.2) is 0 Å². The molecule has 3 heteroatoms. The molecule has 0 aliphatic heterocycles. The van der Waals surface area contributed by atoms with Gasteiger partial charge in [-0.15, -0.1) is 0 Å². The van der Waals surface area contributed by atoms with Crippen LogP contribution in [-0.2, 0) is 6.42 Å². The molecular weight excluding hydrogens is 202 g/mol. The maximum Gasteiger partial charge on any atom is 0.119 e. The molecule has 0 saturated carbocycles. The number of rotatable bonds is 7. The van der Waals surface area contributed by atoms with Crippen LogP contribution in [0.3, 0.4) is 0 Å². The van der Waals surface area contributed by atoms with E-state index < -0.39 is 0 Å². The monoisotopic (exact) mass is 223 g/mol. The van der Waals surface area contributed by atoms with Crippen molar-refractivity contribution in [2.45, 2.75) is 32.3 Å². The lowest BCUT2D eigenvalue weighted by molar-refractivity contribution is 0.160. The molecule has 0 heterocycles. The summed E-state index contributed by atoms with van der Waals surface area (Å²) in [6.45, 7) is 3.06. The molecule has 1 atom stereocenters. The van der Waals surface area contributed by atoms with E-state index in [4.69, 9.17) is 10.5 Å². The van der Waals surface area contributed by atoms with Gasteiger partial charge in [0.1, 0.15) is 12.4 Å². The SMILES string of the molecule is CCC(O)CCc1cccc(OCCN)c1. The minimum atomic E-state index is -0.200. The molecule has 0 amide bonds. The fourth-order valence-electron chi connectivity index (χ4n) is 1.50. The van der Waals surface area contributed by atoms with Crippen molar-refractivity contribution in [3.8, 4) is 5.75 Å². The van der Waals surface area contributed by atoms with Crippen molar-refractivity contribution >= 4 is 0 Å². The summed E-state index contributed by atoms with van der Waals surface area (Å²) in [6, 6.07) is 7.96. The lowest BCUT2D eigenvalue weighted by atomic mass is 10.1. The molecule has 3 nitrogen and oxygen atoms in total. The molecule has 0 saturated heterocycles. The lowest BCUT2D eigenvalue weighted by Crippen LogP contribution is -2.10. The average Bonchev–Trinajstić information content (AvgIpc) is 2.34. The number of aliphatic hydroxyl groups is 1. The van der Waals surface area contributed by atoms with Crippen LogP contribution >= 0.6 is 0 Å². The van der Waals surface area contributed by atoms with Crippen molar-refractivity contribution in [1.29, 1.82) is 0 Å². The number of hydrogen-bond acceptors (Lipinski definition) is 3. The third kappa shape index (κ3) is 4.64. The summed E-state index contributed by atoms with van der Waals surface area (Å²) in [5, 5.41) is 9.48. The zero-order chi connectivity index (χ0) is 11.8. The number of benzene rings is 1. The Labute approximate surface area is 97.2 Å². The molecule has 0 aliphatic rings. The van der Waals surface area contributed by atoms with Crippen molar-refractivity contribution in [2.75, 3.05) is 13.2 Å². The molecule has 0 fully saturated rings. The summed E-state index contributed by atoms with van der Waals surface area (Å²) in [5.41, 5.74) is 6.57. The maximum atomic E-state index is 9.48. The fraction of sp³-hybridized carbons (Fsp3) is 0.538. The third-order valence-corrected chi connectivity index (χ3v) is 2.52. The van der Waals surface area contributed by atoms with Crippen LogP contribution < -0.4 is 10.5 Å². The van der Waals surface area contributed by atoms with Gasteiger partial charge in [-0.2, -0.15) is 0 Å². The van der Waals surface area contributed by atoms with Gasteiger partial charge >= 0.3 is 0 Å². The second kappa shape index (κ2) is 7.25. The summed E-state index contributed by atoms with van der Waals surface area (Å²) in [5.74, 6) is 0.855. The zero-order valence-electron chi connectivity index (χ0n) is 9.86. The van der Waals surface area contributed by atoms with Crippen molar-refractivity contribution < 1.29 is 9.84 Å². The largest absolute Gasteiger partial charge is 0.492 e. The highest BCUT2D eigenvalue weighted by Crippen LogP contribution is 2.15. The number of nitrogens with two attached hydrogens (primary N) is 1. The van der Waals surface area contributed by atoms with E-state index in [0.717, 1.165) is 25.0 Å². The van der Waals surface area contributed by atoms with E-state index in [2.05, 4.69) is 6.07 Å². The molecule has 1 aromatic rings. The Morgan fingerprint density at radius 1 is 1.44 bits per heavy atom. The van der Waals surface area contributed by atoms with Gasteiger partial charge in [0.15, 0.2) is 0 Å². The van der Waals surface area contributed by atoms with E-state index in [1.54, 1.807) is 0 Å². The normalized spacial score (nSPS) is 12.4. The average molecular weight is 223 g/mol.